The summed E-state index contributed by atoms with van der Waals surface area (Å²) in [6.07, 6.45) is 3.10. The van der Waals surface area contributed by atoms with Crippen LogP contribution in [0.5, 0.6) is 0 Å². The molecular formula is C11H22O3Si. The van der Waals surface area contributed by atoms with E-state index in [0.717, 1.165) is 0 Å². The van der Waals surface area contributed by atoms with Gasteiger partial charge in [0.05, 0.1) is 13.7 Å². The van der Waals surface area contributed by atoms with Crippen molar-refractivity contribution in [3.05, 3.63) is 12.2 Å². The van der Waals surface area contributed by atoms with E-state index in [1.165, 1.54) is 13.2 Å². The minimum atomic E-state index is -1.69. The molecule has 0 aliphatic carbocycles. The van der Waals surface area contributed by atoms with Gasteiger partial charge in [0, 0.05) is 6.08 Å². The number of esters is 1. The molecule has 0 aromatic carbocycles. The molecule has 4 heteroatoms. The summed E-state index contributed by atoms with van der Waals surface area (Å²) < 4.78 is 10.3. The van der Waals surface area contributed by atoms with Crippen molar-refractivity contribution in [2.45, 2.75) is 38.9 Å². The minimum Gasteiger partial charge on any atom is -0.466 e. The maximum Gasteiger partial charge on any atom is 0.330 e. The summed E-state index contributed by atoms with van der Waals surface area (Å²) in [5.41, 5.74) is 0. The lowest BCUT2D eigenvalue weighted by atomic mass is 10.2. The lowest BCUT2D eigenvalue weighted by molar-refractivity contribution is -0.134. The van der Waals surface area contributed by atoms with E-state index in [0.29, 0.717) is 6.61 Å². The smallest absolute Gasteiger partial charge is 0.330 e. The first-order valence-electron chi connectivity index (χ1n) is 5.09. The summed E-state index contributed by atoms with van der Waals surface area (Å²) >= 11 is 0. The van der Waals surface area contributed by atoms with Crippen LogP contribution in [0.15, 0.2) is 12.2 Å². The molecule has 15 heavy (non-hydrogen) atoms. The fourth-order valence-electron chi connectivity index (χ4n) is 0.685. The Kier molecular flexibility index (Phi) is 5.24. The van der Waals surface area contributed by atoms with Crippen molar-refractivity contribution in [3.8, 4) is 0 Å². The van der Waals surface area contributed by atoms with E-state index in [4.69, 9.17) is 4.43 Å². The van der Waals surface area contributed by atoms with Crippen molar-refractivity contribution in [1.29, 1.82) is 0 Å². The van der Waals surface area contributed by atoms with Crippen LogP contribution in [0.1, 0.15) is 20.8 Å². The molecule has 0 heterocycles. The highest BCUT2D eigenvalue weighted by Gasteiger charge is 2.36. The first-order chi connectivity index (χ1) is 6.70. The SMILES string of the molecule is COC(=O)/C=C/CO[Si](C)(C)C(C)(C)C. The summed E-state index contributed by atoms with van der Waals surface area (Å²) in [4.78, 5) is 10.8. The van der Waals surface area contributed by atoms with Gasteiger partial charge in [0.25, 0.3) is 0 Å². The van der Waals surface area contributed by atoms with E-state index in [-0.39, 0.29) is 11.0 Å². The zero-order valence-corrected chi connectivity index (χ0v) is 11.6. The molecule has 0 aromatic rings. The van der Waals surface area contributed by atoms with Gasteiger partial charge < -0.3 is 9.16 Å². The van der Waals surface area contributed by atoms with Gasteiger partial charge in [0.2, 0.25) is 0 Å². The first kappa shape index (κ1) is 14.4. The van der Waals surface area contributed by atoms with E-state index in [1.54, 1.807) is 6.08 Å². The number of carbonyl (C=O) groups excluding carboxylic acids is 1. The summed E-state index contributed by atoms with van der Waals surface area (Å²) in [7, 11) is -0.328. The van der Waals surface area contributed by atoms with Crippen molar-refractivity contribution >= 4 is 14.3 Å². The molecule has 88 valence electrons. The highest BCUT2D eigenvalue weighted by Crippen LogP contribution is 2.36. The van der Waals surface area contributed by atoms with Gasteiger partial charge in [-0.1, -0.05) is 26.8 Å². The highest BCUT2D eigenvalue weighted by atomic mass is 28.4. The number of hydrogen-bond donors (Lipinski definition) is 0. The molecule has 0 aliphatic heterocycles. The van der Waals surface area contributed by atoms with Crippen molar-refractivity contribution in [2.24, 2.45) is 0 Å². The Morgan fingerprint density at radius 1 is 1.33 bits per heavy atom. The average Bonchev–Trinajstić information content (AvgIpc) is 2.10. The summed E-state index contributed by atoms with van der Waals surface area (Å²) in [5, 5.41) is 0.201. The maximum absolute atomic E-state index is 10.8. The Bertz CT molecular complexity index is 239. The lowest BCUT2D eigenvalue weighted by Crippen LogP contribution is -2.40. The van der Waals surface area contributed by atoms with E-state index < -0.39 is 8.32 Å². The van der Waals surface area contributed by atoms with Gasteiger partial charge in [-0.25, -0.2) is 4.79 Å². The van der Waals surface area contributed by atoms with Crippen LogP contribution < -0.4 is 0 Å². The fourth-order valence-corrected chi connectivity index (χ4v) is 1.63. The van der Waals surface area contributed by atoms with E-state index in [2.05, 4.69) is 38.6 Å². The Morgan fingerprint density at radius 3 is 2.27 bits per heavy atom. The van der Waals surface area contributed by atoms with Crippen LogP contribution in [0, 0.1) is 0 Å². The summed E-state index contributed by atoms with van der Waals surface area (Å²) in [5.74, 6) is -0.339. The van der Waals surface area contributed by atoms with Crippen molar-refractivity contribution in [3.63, 3.8) is 0 Å². The largest absolute Gasteiger partial charge is 0.466 e. The van der Waals surface area contributed by atoms with E-state index in [1.807, 2.05) is 0 Å². The third-order valence-corrected chi connectivity index (χ3v) is 7.30. The quantitative estimate of drug-likeness (QED) is 0.423. The van der Waals surface area contributed by atoms with E-state index in [9.17, 15) is 4.79 Å². The second-order valence-electron chi connectivity index (χ2n) is 5.00. The molecule has 0 aromatic heterocycles. The predicted molar refractivity (Wildman–Crippen MR) is 64.3 cm³/mol. The molecule has 0 amide bonds. The zero-order chi connectivity index (χ0) is 12.1. The van der Waals surface area contributed by atoms with Gasteiger partial charge in [-0.15, -0.1) is 0 Å². The maximum atomic E-state index is 10.8. The molecule has 0 fully saturated rings. The second kappa shape index (κ2) is 5.46. The molecule has 0 saturated carbocycles. The van der Waals surface area contributed by atoms with Crippen LogP contribution in [-0.4, -0.2) is 28.0 Å². The fraction of sp³-hybridized carbons (Fsp3) is 0.727. The van der Waals surface area contributed by atoms with Gasteiger partial charge in [0.1, 0.15) is 0 Å². The summed E-state index contributed by atoms with van der Waals surface area (Å²) in [6, 6.07) is 0. The molecule has 0 atom stereocenters. The molecular weight excluding hydrogens is 208 g/mol. The first-order valence-corrected chi connectivity index (χ1v) is 8.00. The number of rotatable bonds is 4. The van der Waals surface area contributed by atoms with Gasteiger partial charge in [-0.05, 0) is 18.1 Å². The Hall–Kier alpha value is -0.613. The average molecular weight is 230 g/mol. The molecule has 0 aliphatic rings. The number of carbonyl (C=O) groups is 1. The van der Waals surface area contributed by atoms with Gasteiger partial charge >= 0.3 is 5.97 Å². The molecule has 3 nitrogen and oxygen atoms in total. The third kappa shape index (κ3) is 5.13. The van der Waals surface area contributed by atoms with Gasteiger partial charge in [-0.2, -0.15) is 0 Å². The van der Waals surface area contributed by atoms with E-state index >= 15 is 0 Å². The number of ether oxygens (including phenoxy) is 1. The molecule has 0 N–H and O–H groups in total. The molecule has 0 radical (unpaired) electrons. The standard InChI is InChI=1S/C11H22O3Si/c1-11(2,3)15(5,6)14-9-7-8-10(12)13-4/h7-8H,9H2,1-6H3/b8-7+. The molecule has 0 saturated heterocycles. The molecule has 0 unspecified atom stereocenters. The van der Waals surface area contributed by atoms with Crippen LogP contribution in [0.2, 0.25) is 18.1 Å². The molecule has 0 bridgehead atoms. The van der Waals surface area contributed by atoms with Crippen LogP contribution >= 0.6 is 0 Å². The third-order valence-electron chi connectivity index (χ3n) is 2.80. The van der Waals surface area contributed by atoms with Crippen LogP contribution in [0.3, 0.4) is 0 Å². The topological polar surface area (TPSA) is 35.5 Å². The Morgan fingerprint density at radius 2 is 1.87 bits per heavy atom. The highest BCUT2D eigenvalue weighted by molar-refractivity contribution is 6.74. The van der Waals surface area contributed by atoms with Crippen molar-refractivity contribution in [2.75, 3.05) is 13.7 Å². The summed E-state index contributed by atoms with van der Waals surface area (Å²) in [6.45, 7) is 11.4. The second-order valence-corrected chi connectivity index (χ2v) is 9.81. The lowest BCUT2D eigenvalue weighted by Gasteiger charge is -2.35. The zero-order valence-electron chi connectivity index (χ0n) is 10.6. The van der Waals surface area contributed by atoms with Gasteiger partial charge in [-0.3, -0.25) is 0 Å². The molecule has 0 rings (SSSR count). The Balaban J connectivity index is 4.07. The number of methoxy groups -OCH3 is 1. The predicted octanol–water partition coefficient (Wildman–Crippen LogP) is 2.74. The Labute approximate surface area is 93.6 Å². The normalized spacial score (nSPS) is 13.2. The minimum absolute atomic E-state index is 0.201. The number of hydrogen-bond acceptors (Lipinski definition) is 3. The van der Waals surface area contributed by atoms with Crippen LogP contribution in [0.25, 0.3) is 0 Å². The van der Waals surface area contributed by atoms with Crippen LogP contribution in [0.4, 0.5) is 0 Å². The monoisotopic (exact) mass is 230 g/mol. The van der Waals surface area contributed by atoms with Crippen molar-refractivity contribution < 1.29 is 14.0 Å². The van der Waals surface area contributed by atoms with Crippen LogP contribution in [-0.2, 0) is 14.0 Å². The van der Waals surface area contributed by atoms with Crippen molar-refractivity contribution in [1.82, 2.24) is 0 Å². The van der Waals surface area contributed by atoms with Gasteiger partial charge in [0.15, 0.2) is 8.32 Å². The molecule has 0 spiro atoms.